The number of ether oxygens (including phenoxy) is 1. The standard InChI is InChI=1S/C24H33N11O2S/c1-15-14-19(33-32-15)29-21-20(37-3)22(35-12-10-34(11-13-35)9-8-27-23(25)26)31-24(30-21)38-18-6-4-17(5-7-18)28-16(2)36/h4-7,14H,8-13H2,1-3H3,(H,28,36)(H4,25,26,27)(H2,29,30,31,32,33). The van der Waals surface area contributed by atoms with Gasteiger partial charge in [0.1, 0.15) is 0 Å². The van der Waals surface area contributed by atoms with Crippen LogP contribution >= 0.6 is 11.8 Å². The molecule has 1 aliphatic heterocycles. The number of nitrogens with two attached hydrogens (primary N) is 2. The van der Waals surface area contributed by atoms with E-state index in [1.54, 1.807) is 7.11 Å². The summed E-state index contributed by atoms with van der Waals surface area (Å²) in [7, 11) is 1.61. The van der Waals surface area contributed by atoms with Gasteiger partial charge in [0.15, 0.2) is 28.6 Å². The van der Waals surface area contributed by atoms with Crippen LogP contribution in [-0.4, -0.2) is 83.3 Å². The fourth-order valence-corrected chi connectivity index (χ4v) is 4.73. The number of hydrogen-bond acceptors (Lipinski definition) is 10. The van der Waals surface area contributed by atoms with E-state index in [2.05, 4.69) is 35.6 Å². The van der Waals surface area contributed by atoms with Gasteiger partial charge in [-0.05, 0) is 43.0 Å². The molecule has 3 aromatic rings. The Hall–Kier alpha value is -4.04. The Morgan fingerprint density at radius 3 is 2.53 bits per heavy atom. The van der Waals surface area contributed by atoms with Crippen molar-refractivity contribution in [1.29, 1.82) is 0 Å². The number of methoxy groups -OCH3 is 1. The van der Waals surface area contributed by atoms with Gasteiger partial charge in [-0.25, -0.2) is 9.97 Å². The summed E-state index contributed by atoms with van der Waals surface area (Å²) < 4.78 is 5.81. The molecule has 1 aromatic carbocycles. The summed E-state index contributed by atoms with van der Waals surface area (Å²) in [5, 5.41) is 13.8. The Labute approximate surface area is 225 Å². The average Bonchev–Trinajstić information content (AvgIpc) is 3.29. The highest BCUT2D eigenvalue weighted by atomic mass is 32.2. The van der Waals surface area contributed by atoms with Crippen LogP contribution < -0.4 is 31.7 Å². The summed E-state index contributed by atoms with van der Waals surface area (Å²) in [6.45, 7) is 7.94. The van der Waals surface area contributed by atoms with Crippen LogP contribution in [0.1, 0.15) is 12.6 Å². The lowest BCUT2D eigenvalue weighted by Crippen LogP contribution is -2.47. The number of carbonyl (C=O) groups excluding carboxylic acids is 1. The van der Waals surface area contributed by atoms with Crippen LogP contribution in [0.4, 0.5) is 23.1 Å². The van der Waals surface area contributed by atoms with E-state index in [0.717, 1.165) is 49.0 Å². The lowest BCUT2D eigenvalue weighted by Gasteiger charge is -2.35. The lowest BCUT2D eigenvalue weighted by atomic mass is 10.3. The molecule has 0 bridgehead atoms. The zero-order chi connectivity index (χ0) is 27.1. The van der Waals surface area contributed by atoms with Gasteiger partial charge in [-0.15, -0.1) is 0 Å². The first-order chi connectivity index (χ1) is 18.3. The molecule has 4 rings (SSSR count). The summed E-state index contributed by atoms with van der Waals surface area (Å²) in [5.41, 5.74) is 12.5. The number of amides is 1. The number of aromatic amines is 1. The Balaban J connectivity index is 1.58. The van der Waals surface area contributed by atoms with Crippen LogP contribution in [0.3, 0.4) is 0 Å². The fraction of sp³-hybridized carbons (Fsp3) is 0.375. The SMILES string of the molecule is COc1c(Nc2cc(C)[nH]n2)nc(Sc2ccc(NC(C)=O)cc2)nc1N1CCN(CCN=C(N)N)CC1. The van der Waals surface area contributed by atoms with Gasteiger partial charge in [-0.1, -0.05) is 0 Å². The van der Waals surface area contributed by atoms with Crippen molar-refractivity contribution >= 4 is 46.8 Å². The molecule has 3 heterocycles. The van der Waals surface area contributed by atoms with Crippen molar-refractivity contribution in [1.82, 2.24) is 25.1 Å². The van der Waals surface area contributed by atoms with Crippen LogP contribution in [-0.2, 0) is 4.79 Å². The maximum absolute atomic E-state index is 11.3. The van der Waals surface area contributed by atoms with Crippen molar-refractivity contribution in [2.45, 2.75) is 23.9 Å². The van der Waals surface area contributed by atoms with Crippen LogP contribution in [0.15, 0.2) is 45.4 Å². The first kappa shape index (κ1) is 27.0. The molecule has 38 heavy (non-hydrogen) atoms. The Morgan fingerprint density at radius 2 is 1.92 bits per heavy atom. The number of carbonyl (C=O) groups is 1. The number of H-pyrrole nitrogens is 1. The maximum atomic E-state index is 11.3. The number of guanidine groups is 1. The number of benzene rings is 1. The molecule has 14 heteroatoms. The van der Waals surface area contributed by atoms with Crippen LogP contribution in [0.25, 0.3) is 0 Å². The molecule has 0 radical (unpaired) electrons. The topological polar surface area (TPSA) is 176 Å². The number of hydrogen-bond donors (Lipinski definition) is 5. The predicted molar refractivity (Wildman–Crippen MR) is 149 cm³/mol. The minimum absolute atomic E-state index is 0.108. The van der Waals surface area contributed by atoms with Crippen molar-refractivity contribution in [2.24, 2.45) is 16.5 Å². The van der Waals surface area contributed by atoms with Crippen LogP contribution in [0.2, 0.25) is 0 Å². The normalized spacial score (nSPS) is 13.7. The Bertz CT molecular complexity index is 1270. The molecule has 0 unspecified atom stereocenters. The molecular weight excluding hydrogens is 506 g/mol. The predicted octanol–water partition coefficient (Wildman–Crippen LogP) is 1.77. The summed E-state index contributed by atoms with van der Waals surface area (Å²) in [4.78, 5) is 30.5. The average molecular weight is 540 g/mol. The summed E-state index contributed by atoms with van der Waals surface area (Å²) in [5.74, 6) is 2.40. The van der Waals surface area contributed by atoms with E-state index in [1.807, 2.05) is 37.3 Å². The minimum atomic E-state index is -0.116. The molecular formula is C24H33N11O2S. The molecule has 1 amide bonds. The Kier molecular flexibility index (Phi) is 8.86. The number of nitrogens with zero attached hydrogens (tertiary/aromatic N) is 6. The third kappa shape index (κ3) is 7.26. The van der Waals surface area contributed by atoms with Crippen molar-refractivity contribution in [3.05, 3.63) is 36.0 Å². The number of aryl methyl sites for hydroxylation is 1. The highest BCUT2D eigenvalue weighted by molar-refractivity contribution is 7.99. The van der Waals surface area contributed by atoms with Gasteiger partial charge >= 0.3 is 0 Å². The third-order valence-electron chi connectivity index (χ3n) is 5.75. The van der Waals surface area contributed by atoms with E-state index in [4.69, 9.17) is 26.2 Å². The summed E-state index contributed by atoms with van der Waals surface area (Å²) in [6, 6.07) is 9.43. The number of nitrogens with one attached hydrogen (secondary N) is 3. The first-order valence-electron chi connectivity index (χ1n) is 12.1. The fourth-order valence-electron chi connectivity index (χ4n) is 3.97. The van der Waals surface area contributed by atoms with Gasteiger partial charge in [0.2, 0.25) is 11.7 Å². The van der Waals surface area contributed by atoms with Crippen molar-refractivity contribution < 1.29 is 9.53 Å². The molecule has 202 valence electrons. The van der Waals surface area contributed by atoms with Gasteiger partial charge < -0.3 is 31.7 Å². The molecule has 0 spiro atoms. The quantitative estimate of drug-likeness (QED) is 0.144. The maximum Gasteiger partial charge on any atom is 0.221 e. The van der Waals surface area contributed by atoms with E-state index in [1.165, 1.54) is 18.7 Å². The second-order valence-electron chi connectivity index (χ2n) is 8.72. The van der Waals surface area contributed by atoms with Gasteiger partial charge in [-0.3, -0.25) is 19.8 Å². The molecule has 0 aliphatic carbocycles. The van der Waals surface area contributed by atoms with Crippen molar-refractivity contribution in [3.8, 4) is 5.75 Å². The van der Waals surface area contributed by atoms with Crippen LogP contribution in [0.5, 0.6) is 5.75 Å². The highest BCUT2D eigenvalue weighted by Gasteiger charge is 2.25. The zero-order valence-corrected chi connectivity index (χ0v) is 22.5. The summed E-state index contributed by atoms with van der Waals surface area (Å²) in [6.07, 6.45) is 0. The van der Waals surface area contributed by atoms with Gasteiger partial charge in [0, 0.05) is 62.0 Å². The van der Waals surface area contributed by atoms with Gasteiger partial charge in [-0.2, -0.15) is 5.10 Å². The molecule has 7 N–H and O–H groups in total. The molecule has 2 aromatic heterocycles. The number of anilines is 4. The second kappa shape index (κ2) is 12.5. The lowest BCUT2D eigenvalue weighted by molar-refractivity contribution is -0.114. The second-order valence-corrected chi connectivity index (χ2v) is 9.76. The number of aliphatic imine (C=N–C) groups is 1. The van der Waals surface area contributed by atoms with E-state index in [0.29, 0.717) is 34.9 Å². The molecule has 1 saturated heterocycles. The van der Waals surface area contributed by atoms with E-state index in [-0.39, 0.29) is 11.9 Å². The van der Waals surface area contributed by atoms with E-state index < -0.39 is 0 Å². The minimum Gasteiger partial charge on any atom is -0.490 e. The zero-order valence-electron chi connectivity index (χ0n) is 21.7. The third-order valence-corrected chi connectivity index (χ3v) is 6.62. The first-order valence-corrected chi connectivity index (χ1v) is 13.0. The van der Waals surface area contributed by atoms with Crippen molar-refractivity contribution in [2.75, 3.05) is 61.9 Å². The van der Waals surface area contributed by atoms with Gasteiger partial charge in [0.05, 0.1) is 13.7 Å². The van der Waals surface area contributed by atoms with Crippen molar-refractivity contribution in [3.63, 3.8) is 0 Å². The number of piperazine rings is 1. The van der Waals surface area contributed by atoms with E-state index >= 15 is 0 Å². The highest BCUT2D eigenvalue weighted by Crippen LogP contribution is 2.38. The molecule has 1 fully saturated rings. The monoisotopic (exact) mass is 539 g/mol. The van der Waals surface area contributed by atoms with Crippen LogP contribution in [0, 0.1) is 6.92 Å². The largest absolute Gasteiger partial charge is 0.490 e. The molecule has 0 atom stereocenters. The van der Waals surface area contributed by atoms with Gasteiger partial charge in [0.25, 0.3) is 0 Å². The molecule has 1 aliphatic rings. The smallest absolute Gasteiger partial charge is 0.221 e. The van der Waals surface area contributed by atoms with E-state index in [9.17, 15) is 4.79 Å². The number of rotatable bonds is 10. The Morgan fingerprint density at radius 1 is 1.18 bits per heavy atom. The molecule has 0 saturated carbocycles. The summed E-state index contributed by atoms with van der Waals surface area (Å²) >= 11 is 1.42. The number of aromatic nitrogens is 4. The molecule has 13 nitrogen and oxygen atoms in total.